The quantitative estimate of drug-likeness (QED) is 0.162. The molecule has 0 fully saturated rings. The zero-order valence-electron chi connectivity index (χ0n) is 32.8. The summed E-state index contributed by atoms with van der Waals surface area (Å²) in [7, 11) is 0. The van der Waals surface area contributed by atoms with E-state index in [1.54, 1.807) is 0 Å². The van der Waals surface area contributed by atoms with Gasteiger partial charge in [0.1, 0.15) is 0 Å². The lowest BCUT2D eigenvalue weighted by Crippen LogP contribution is -2.08. The Bertz CT molecular complexity index is 2600. The second-order valence-electron chi connectivity index (χ2n) is 16.0. The Kier molecular flexibility index (Phi) is 8.08. The molecule has 0 heteroatoms. The molecule has 6 aromatic carbocycles. The van der Waals surface area contributed by atoms with Gasteiger partial charge in [0, 0.05) is 0 Å². The summed E-state index contributed by atoms with van der Waals surface area (Å²) in [6.07, 6.45) is 14.9. The second kappa shape index (κ2) is 12.7. The van der Waals surface area contributed by atoms with E-state index in [2.05, 4.69) is 152 Å². The number of allylic oxidation sites excluding steroid dienone is 8. The first-order chi connectivity index (χ1) is 25.7. The predicted octanol–water partition coefficient (Wildman–Crippen LogP) is 14.6. The number of aryl methyl sites for hydroxylation is 4. The van der Waals surface area contributed by atoms with Crippen LogP contribution in [0.5, 0.6) is 0 Å². The Morgan fingerprint density at radius 1 is 0.453 bits per heavy atom. The molecule has 0 aliphatic heterocycles. The summed E-state index contributed by atoms with van der Waals surface area (Å²) in [5.41, 5.74) is 28.4. The van der Waals surface area contributed by atoms with Gasteiger partial charge in [0.2, 0.25) is 0 Å². The van der Waals surface area contributed by atoms with E-state index in [0.717, 1.165) is 32.1 Å². The minimum atomic E-state index is 1.01. The third-order valence-corrected chi connectivity index (χ3v) is 13.6. The van der Waals surface area contributed by atoms with Gasteiger partial charge in [-0.05, 0) is 226 Å². The molecule has 0 atom stereocenters. The molecule has 0 unspecified atom stereocenters. The van der Waals surface area contributed by atoms with E-state index in [1.807, 2.05) is 0 Å². The van der Waals surface area contributed by atoms with Crippen LogP contribution in [0.15, 0.2) is 108 Å². The number of benzene rings is 6. The Balaban J connectivity index is 1.45. The average Bonchev–Trinajstić information content (AvgIpc) is 3.58. The van der Waals surface area contributed by atoms with Gasteiger partial charge in [-0.3, -0.25) is 0 Å². The van der Waals surface area contributed by atoms with E-state index < -0.39 is 0 Å². The number of hydrogen-bond donors (Lipinski definition) is 0. The van der Waals surface area contributed by atoms with Crippen molar-refractivity contribution >= 4 is 32.7 Å². The maximum atomic E-state index is 2.60. The summed E-state index contributed by atoms with van der Waals surface area (Å²) in [5, 5.41) is 5.76. The molecule has 0 amide bonds. The van der Waals surface area contributed by atoms with Crippen LogP contribution < -0.4 is 0 Å². The van der Waals surface area contributed by atoms with Gasteiger partial charge in [0.25, 0.3) is 0 Å². The third kappa shape index (κ3) is 5.09. The van der Waals surface area contributed by atoms with Crippen LogP contribution in [-0.4, -0.2) is 0 Å². The van der Waals surface area contributed by atoms with Crippen molar-refractivity contribution in [2.45, 2.75) is 87.5 Å². The van der Waals surface area contributed by atoms with Crippen molar-refractivity contribution in [2.24, 2.45) is 0 Å². The van der Waals surface area contributed by atoms with Gasteiger partial charge in [-0.25, -0.2) is 0 Å². The minimum absolute atomic E-state index is 1.01. The molecule has 0 N–H and O–H groups in total. The van der Waals surface area contributed by atoms with E-state index in [-0.39, 0.29) is 0 Å². The number of rotatable bonds is 4. The number of fused-ring (bicyclic) bond motifs is 5. The fourth-order valence-electron chi connectivity index (χ4n) is 10.0. The van der Waals surface area contributed by atoms with Crippen LogP contribution in [0.1, 0.15) is 92.4 Å². The van der Waals surface area contributed by atoms with Crippen molar-refractivity contribution in [2.75, 3.05) is 0 Å². The lowest BCUT2D eigenvalue weighted by atomic mass is 9.74. The second-order valence-corrected chi connectivity index (χ2v) is 16.0. The summed E-state index contributed by atoms with van der Waals surface area (Å²) in [6, 6.07) is 27.5. The first-order valence-electron chi connectivity index (χ1n) is 19.7. The van der Waals surface area contributed by atoms with Crippen molar-refractivity contribution in [1.82, 2.24) is 0 Å². The molecule has 0 bridgehead atoms. The highest BCUT2D eigenvalue weighted by atomic mass is 14.3. The van der Waals surface area contributed by atoms with Crippen LogP contribution in [-0.2, 0) is 6.42 Å². The molecular weight excluding hydrogens is 637 g/mol. The number of hydrogen-bond acceptors (Lipinski definition) is 0. The van der Waals surface area contributed by atoms with Crippen LogP contribution in [0.3, 0.4) is 0 Å². The Morgan fingerprint density at radius 2 is 1.04 bits per heavy atom. The van der Waals surface area contributed by atoms with Gasteiger partial charge < -0.3 is 0 Å². The normalized spacial score (nSPS) is 15.2. The largest absolute Gasteiger partial charge is 0.0842 e. The van der Waals surface area contributed by atoms with Crippen LogP contribution in [0, 0.1) is 55.4 Å². The standard InChI is InChI=1S/C53H50/c1-30-32(3)36(7)50-48(34(30)5)52(42-24-23-41-27-40-21-15-16-22-44(40)47(41)29-42)49-35(6)31(2)33(4)37(8)51(49)53(50)43-25-26-45(38-17-11-9-12-18-38)46(28-43)39-19-13-10-14-20-39/h9-11,13-17,19-24,28-29H,12,18,25-27H2,1-8H3. The average molecular weight is 687 g/mol. The Hall–Kier alpha value is -5.20. The highest BCUT2D eigenvalue weighted by Crippen LogP contribution is 2.52. The Morgan fingerprint density at radius 3 is 1.66 bits per heavy atom. The van der Waals surface area contributed by atoms with E-state index in [0.29, 0.717) is 0 Å². The summed E-state index contributed by atoms with van der Waals surface area (Å²) < 4.78 is 0. The molecule has 0 saturated heterocycles. The van der Waals surface area contributed by atoms with Crippen molar-refractivity contribution in [3.05, 3.63) is 175 Å². The minimum Gasteiger partial charge on any atom is -0.0842 e. The molecule has 3 aliphatic carbocycles. The molecule has 0 aromatic heterocycles. The first kappa shape index (κ1) is 33.6. The fraction of sp³-hybridized carbons (Fsp3) is 0.245. The molecule has 53 heavy (non-hydrogen) atoms. The van der Waals surface area contributed by atoms with Gasteiger partial charge in [0.05, 0.1) is 0 Å². The monoisotopic (exact) mass is 686 g/mol. The molecule has 0 heterocycles. The lowest BCUT2D eigenvalue weighted by Gasteiger charge is -2.30. The first-order valence-corrected chi connectivity index (χ1v) is 19.7. The van der Waals surface area contributed by atoms with Crippen LogP contribution in [0.4, 0.5) is 0 Å². The van der Waals surface area contributed by atoms with Crippen LogP contribution in [0.2, 0.25) is 0 Å². The molecule has 0 nitrogen and oxygen atoms in total. The summed E-state index contributed by atoms with van der Waals surface area (Å²) in [6.45, 7) is 19.0. The maximum absolute atomic E-state index is 2.60. The van der Waals surface area contributed by atoms with E-state index >= 15 is 0 Å². The summed E-state index contributed by atoms with van der Waals surface area (Å²) in [4.78, 5) is 0. The van der Waals surface area contributed by atoms with Gasteiger partial charge in [0.15, 0.2) is 0 Å². The Labute approximate surface area is 316 Å². The third-order valence-electron chi connectivity index (χ3n) is 13.6. The van der Waals surface area contributed by atoms with Gasteiger partial charge >= 0.3 is 0 Å². The van der Waals surface area contributed by atoms with Crippen LogP contribution >= 0.6 is 0 Å². The highest BCUT2D eigenvalue weighted by Gasteiger charge is 2.29. The van der Waals surface area contributed by atoms with E-state index in [4.69, 9.17) is 0 Å². The molecular formula is C53H50. The smallest absolute Gasteiger partial charge is 0.00134 e. The van der Waals surface area contributed by atoms with E-state index in [1.165, 1.54) is 133 Å². The van der Waals surface area contributed by atoms with Crippen LogP contribution in [0.25, 0.3) is 54.9 Å². The molecule has 6 aromatic rings. The van der Waals surface area contributed by atoms with Gasteiger partial charge in [-0.15, -0.1) is 0 Å². The predicted molar refractivity (Wildman–Crippen MR) is 230 cm³/mol. The molecule has 9 rings (SSSR count). The maximum Gasteiger partial charge on any atom is -0.00134 e. The lowest BCUT2D eigenvalue weighted by molar-refractivity contribution is 0.909. The van der Waals surface area contributed by atoms with Crippen molar-refractivity contribution in [3.63, 3.8) is 0 Å². The topological polar surface area (TPSA) is 0 Å². The molecule has 3 aliphatic rings. The molecule has 262 valence electrons. The van der Waals surface area contributed by atoms with Gasteiger partial charge in [-0.2, -0.15) is 0 Å². The van der Waals surface area contributed by atoms with Crippen molar-refractivity contribution in [3.8, 4) is 22.3 Å². The zero-order valence-corrected chi connectivity index (χ0v) is 32.8. The summed E-state index contributed by atoms with van der Waals surface area (Å²) >= 11 is 0. The SMILES string of the molecule is Cc1c(C)c(C)c2c(-c3ccc4c(c3)-c3ccccc3C4)c3c(C)c(C)c(C)c(C)c3c(C3=CC(c4ccccc4)=C(C4=CC=CCC4)CC3)c2c1C. The molecule has 0 spiro atoms. The van der Waals surface area contributed by atoms with Crippen molar-refractivity contribution < 1.29 is 0 Å². The highest BCUT2D eigenvalue weighted by molar-refractivity contribution is 6.23. The van der Waals surface area contributed by atoms with Crippen molar-refractivity contribution in [1.29, 1.82) is 0 Å². The zero-order chi connectivity index (χ0) is 36.7. The summed E-state index contributed by atoms with van der Waals surface area (Å²) in [5.74, 6) is 0. The molecule has 0 radical (unpaired) electrons. The van der Waals surface area contributed by atoms with E-state index in [9.17, 15) is 0 Å². The molecule has 0 saturated carbocycles. The van der Waals surface area contributed by atoms with Gasteiger partial charge in [-0.1, -0.05) is 91.0 Å². The fourth-order valence-corrected chi connectivity index (χ4v) is 10.0.